The number of hydrogen-bond acceptors (Lipinski definition) is 7. The second kappa shape index (κ2) is 7.74. The first-order chi connectivity index (χ1) is 11.6. The van der Waals surface area contributed by atoms with Crippen molar-refractivity contribution in [2.24, 2.45) is 0 Å². The van der Waals surface area contributed by atoms with E-state index >= 15 is 0 Å². The van der Waals surface area contributed by atoms with Crippen LogP contribution in [0, 0.1) is 0 Å². The number of rotatable bonds is 6. The molecule has 1 aromatic heterocycles. The monoisotopic (exact) mass is 332 g/mol. The van der Waals surface area contributed by atoms with Gasteiger partial charge in [0.15, 0.2) is 5.82 Å². The molecule has 130 valence electrons. The van der Waals surface area contributed by atoms with Crippen LogP contribution in [0.3, 0.4) is 0 Å². The average molecular weight is 332 g/mol. The van der Waals surface area contributed by atoms with Gasteiger partial charge in [0.05, 0.1) is 26.4 Å². The first kappa shape index (κ1) is 16.9. The predicted octanol–water partition coefficient (Wildman–Crippen LogP) is 1.51. The van der Waals surface area contributed by atoms with Gasteiger partial charge in [0.1, 0.15) is 5.75 Å². The van der Waals surface area contributed by atoms with Gasteiger partial charge >= 0.3 is 0 Å². The third-order valence-electron chi connectivity index (χ3n) is 3.96. The quantitative estimate of drug-likeness (QED) is 0.794. The fraction of sp³-hybridized carbons (Fsp3) is 0.529. The van der Waals surface area contributed by atoms with Crippen molar-refractivity contribution in [2.45, 2.75) is 12.6 Å². The van der Waals surface area contributed by atoms with Crippen LogP contribution < -0.4 is 4.74 Å². The smallest absolute Gasteiger partial charge is 0.257 e. The molecule has 7 heteroatoms. The highest BCUT2D eigenvalue weighted by Gasteiger charge is 2.22. The summed E-state index contributed by atoms with van der Waals surface area (Å²) in [6, 6.07) is 7.59. The van der Waals surface area contributed by atoms with Crippen molar-refractivity contribution in [3.05, 3.63) is 30.1 Å². The Hall–Kier alpha value is -1.96. The molecule has 2 heterocycles. The highest BCUT2D eigenvalue weighted by molar-refractivity contribution is 5.54. The summed E-state index contributed by atoms with van der Waals surface area (Å²) in [4.78, 5) is 8.95. The van der Waals surface area contributed by atoms with Crippen LogP contribution in [0.5, 0.6) is 5.75 Å². The number of likely N-dealkylation sites (N-methyl/N-ethyl adjacent to an activating group) is 1. The van der Waals surface area contributed by atoms with E-state index in [1.165, 1.54) is 0 Å². The molecule has 2 aromatic rings. The molecule has 1 aromatic carbocycles. The maximum Gasteiger partial charge on any atom is 0.257 e. The number of nitrogens with zero attached hydrogens (tertiary/aromatic N) is 4. The number of benzene rings is 1. The van der Waals surface area contributed by atoms with Crippen LogP contribution in [0.25, 0.3) is 11.5 Å². The summed E-state index contributed by atoms with van der Waals surface area (Å²) in [6.45, 7) is 4.09. The van der Waals surface area contributed by atoms with E-state index in [4.69, 9.17) is 14.0 Å². The molecule has 3 rings (SSSR count). The van der Waals surface area contributed by atoms with E-state index in [0.717, 1.165) is 37.6 Å². The van der Waals surface area contributed by atoms with Crippen LogP contribution in [0.2, 0.25) is 0 Å². The summed E-state index contributed by atoms with van der Waals surface area (Å²) in [5, 5.41) is 4.10. The summed E-state index contributed by atoms with van der Waals surface area (Å²) in [6.07, 6.45) is 0.224. The molecule has 1 aliphatic rings. The van der Waals surface area contributed by atoms with E-state index in [1.807, 2.05) is 24.3 Å². The minimum atomic E-state index is 0.224. The first-order valence-corrected chi connectivity index (χ1v) is 8.10. The van der Waals surface area contributed by atoms with Gasteiger partial charge in [0.25, 0.3) is 5.89 Å². The molecule has 0 N–H and O–H groups in total. The van der Waals surface area contributed by atoms with Gasteiger partial charge < -0.3 is 18.9 Å². The van der Waals surface area contributed by atoms with Crippen molar-refractivity contribution in [2.75, 3.05) is 47.4 Å². The lowest BCUT2D eigenvalue weighted by molar-refractivity contribution is -0.0414. The second-order valence-corrected chi connectivity index (χ2v) is 6.23. The van der Waals surface area contributed by atoms with E-state index in [0.29, 0.717) is 18.3 Å². The molecule has 0 aliphatic carbocycles. The average Bonchev–Trinajstić information content (AvgIpc) is 3.03. The zero-order valence-corrected chi connectivity index (χ0v) is 14.4. The van der Waals surface area contributed by atoms with Crippen molar-refractivity contribution in [3.63, 3.8) is 0 Å². The molecule has 0 spiro atoms. The molecule has 1 atom stereocenters. The third-order valence-corrected chi connectivity index (χ3v) is 3.96. The lowest BCUT2D eigenvalue weighted by Crippen LogP contribution is -2.46. The van der Waals surface area contributed by atoms with Gasteiger partial charge in [-0.2, -0.15) is 4.98 Å². The molecule has 0 saturated carbocycles. The molecule has 24 heavy (non-hydrogen) atoms. The zero-order chi connectivity index (χ0) is 16.9. The highest BCUT2D eigenvalue weighted by Crippen LogP contribution is 2.21. The lowest BCUT2D eigenvalue weighted by Gasteiger charge is -2.33. The molecular formula is C17H24N4O3. The highest BCUT2D eigenvalue weighted by atomic mass is 16.5. The number of aromatic nitrogens is 2. The summed E-state index contributed by atoms with van der Waals surface area (Å²) in [5.41, 5.74) is 0.891. The fourth-order valence-electron chi connectivity index (χ4n) is 2.81. The predicted molar refractivity (Wildman–Crippen MR) is 89.9 cm³/mol. The standard InChI is InChI=1S/C17H24N4O3/c1-20(2)10-15-11-21(8-9-23-15)12-16-18-17(24-19-16)13-4-6-14(22-3)7-5-13/h4-7,15H,8-12H2,1-3H3/t15-/m0/s1. The van der Waals surface area contributed by atoms with Crippen LogP contribution in [0.4, 0.5) is 0 Å². The van der Waals surface area contributed by atoms with E-state index in [1.54, 1.807) is 7.11 Å². The van der Waals surface area contributed by atoms with E-state index in [2.05, 4.69) is 34.0 Å². The Morgan fingerprint density at radius 1 is 1.29 bits per heavy atom. The van der Waals surface area contributed by atoms with Crippen LogP contribution in [0.1, 0.15) is 5.82 Å². The van der Waals surface area contributed by atoms with Gasteiger partial charge in [-0.3, -0.25) is 4.90 Å². The Morgan fingerprint density at radius 2 is 2.08 bits per heavy atom. The van der Waals surface area contributed by atoms with Crippen molar-refractivity contribution in [1.29, 1.82) is 0 Å². The molecule has 0 bridgehead atoms. The third kappa shape index (κ3) is 4.31. The van der Waals surface area contributed by atoms with Crippen molar-refractivity contribution < 1.29 is 14.0 Å². The maximum atomic E-state index is 5.79. The minimum Gasteiger partial charge on any atom is -0.497 e. The van der Waals surface area contributed by atoms with Gasteiger partial charge in [0, 0.05) is 25.2 Å². The molecule has 1 fully saturated rings. The SMILES string of the molecule is COc1ccc(-c2nc(CN3CCO[C@@H](CN(C)C)C3)no2)cc1. The molecule has 7 nitrogen and oxygen atoms in total. The number of morpholine rings is 1. The van der Waals surface area contributed by atoms with E-state index in [-0.39, 0.29) is 6.10 Å². The first-order valence-electron chi connectivity index (χ1n) is 8.10. The molecule has 1 saturated heterocycles. The summed E-state index contributed by atoms with van der Waals surface area (Å²) in [7, 11) is 5.76. The lowest BCUT2D eigenvalue weighted by atomic mass is 10.2. The molecule has 0 unspecified atom stereocenters. The van der Waals surface area contributed by atoms with Crippen molar-refractivity contribution in [1.82, 2.24) is 19.9 Å². The number of ether oxygens (including phenoxy) is 2. The molecule has 1 aliphatic heterocycles. The number of methoxy groups -OCH3 is 1. The summed E-state index contributed by atoms with van der Waals surface area (Å²) in [5.74, 6) is 2.04. The zero-order valence-electron chi connectivity index (χ0n) is 14.4. The van der Waals surface area contributed by atoms with Crippen molar-refractivity contribution >= 4 is 0 Å². The molecule has 0 amide bonds. The summed E-state index contributed by atoms with van der Waals surface area (Å²) >= 11 is 0. The Labute approximate surface area is 142 Å². The normalized spacial score (nSPS) is 18.9. The van der Waals surface area contributed by atoms with E-state index in [9.17, 15) is 0 Å². The van der Waals surface area contributed by atoms with Crippen LogP contribution in [0.15, 0.2) is 28.8 Å². The van der Waals surface area contributed by atoms with Gasteiger partial charge in [-0.15, -0.1) is 0 Å². The summed E-state index contributed by atoms with van der Waals surface area (Å²) < 4.78 is 16.3. The van der Waals surface area contributed by atoms with Crippen LogP contribution in [-0.2, 0) is 11.3 Å². The Bertz CT molecular complexity index is 642. The minimum absolute atomic E-state index is 0.224. The van der Waals surface area contributed by atoms with Crippen LogP contribution >= 0.6 is 0 Å². The topological polar surface area (TPSA) is 63.9 Å². The van der Waals surface area contributed by atoms with Crippen molar-refractivity contribution in [3.8, 4) is 17.2 Å². The van der Waals surface area contributed by atoms with Gasteiger partial charge in [0.2, 0.25) is 0 Å². The van der Waals surface area contributed by atoms with E-state index < -0.39 is 0 Å². The maximum absolute atomic E-state index is 5.79. The Balaban J connectivity index is 1.61. The molecular weight excluding hydrogens is 308 g/mol. The van der Waals surface area contributed by atoms with Crippen LogP contribution in [-0.4, -0.2) is 73.5 Å². The molecule has 0 radical (unpaired) electrons. The number of hydrogen-bond donors (Lipinski definition) is 0. The second-order valence-electron chi connectivity index (χ2n) is 6.23. The van der Waals surface area contributed by atoms with Gasteiger partial charge in [-0.25, -0.2) is 0 Å². The Morgan fingerprint density at radius 3 is 2.79 bits per heavy atom. The largest absolute Gasteiger partial charge is 0.497 e. The fourth-order valence-corrected chi connectivity index (χ4v) is 2.81. The van der Waals surface area contributed by atoms with Gasteiger partial charge in [-0.1, -0.05) is 5.16 Å². The Kier molecular flexibility index (Phi) is 5.44. The van der Waals surface area contributed by atoms with Gasteiger partial charge in [-0.05, 0) is 38.4 Å².